The van der Waals surface area contributed by atoms with Crippen LogP contribution in [0.25, 0.3) is 0 Å². The summed E-state index contributed by atoms with van der Waals surface area (Å²) in [4.78, 5) is 23.3. The first-order valence-corrected chi connectivity index (χ1v) is 5.78. The molecule has 0 spiro atoms. The summed E-state index contributed by atoms with van der Waals surface area (Å²) in [6, 6.07) is 10.5. The van der Waals surface area contributed by atoms with Gasteiger partial charge in [0.1, 0.15) is 5.82 Å². The highest BCUT2D eigenvalue weighted by atomic mass is 16.5. The fourth-order valence-corrected chi connectivity index (χ4v) is 1.81. The van der Waals surface area contributed by atoms with Gasteiger partial charge in [-0.15, -0.1) is 0 Å². The van der Waals surface area contributed by atoms with Gasteiger partial charge >= 0.3 is 5.69 Å². The summed E-state index contributed by atoms with van der Waals surface area (Å²) >= 11 is 0. The minimum Gasteiger partial charge on any atom is -0.287 e. The van der Waals surface area contributed by atoms with Crippen LogP contribution in [0.5, 0.6) is 0 Å². The van der Waals surface area contributed by atoms with Gasteiger partial charge < -0.3 is 0 Å². The molecule has 0 aliphatic heterocycles. The summed E-state index contributed by atoms with van der Waals surface area (Å²) in [6.07, 6.45) is 0. The molecular weight excluding hydrogens is 246 g/mol. The van der Waals surface area contributed by atoms with Gasteiger partial charge in [0, 0.05) is 20.2 Å². The monoisotopic (exact) mass is 261 g/mol. The van der Waals surface area contributed by atoms with Crippen LogP contribution in [-0.4, -0.2) is 14.3 Å². The van der Waals surface area contributed by atoms with Gasteiger partial charge in [0.05, 0.1) is 6.54 Å². The van der Waals surface area contributed by atoms with Crippen molar-refractivity contribution in [3.05, 3.63) is 62.8 Å². The number of benzene rings is 1. The van der Waals surface area contributed by atoms with Gasteiger partial charge in [-0.25, -0.2) is 9.86 Å². The summed E-state index contributed by atoms with van der Waals surface area (Å²) in [5.41, 5.74) is -0.0575. The van der Waals surface area contributed by atoms with E-state index in [4.69, 9.17) is 0 Å². The van der Waals surface area contributed by atoms with Crippen molar-refractivity contribution < 1.29 is 5.21 Å². The van der Waals surface area contributed by atoms with E-state index in [1.807, 2.05) is 30.3 Å². The molecule has 1 aromatic heterocycles. The van der Waals surface area contributed by atoms with E-state index in [0.717, 1.165) is 15.2 Å². The van der Waals surface area contributed by atoms with E-state index in [1.165, 1.54) is 24.7 Å². The Kier molecular flexibility index (Phi) is 3.52. The first-order chi connectivity index (χ1) is 9.00. The lowest BCUT2D eigenvalue weighted by Crippen LogP contribution is -2.39. The quantitative estimate of drug-likeness (QED) is 0.816. The maximum atomic E-state index is 11.8. The number of hydrogen-bond donors (Lipinski definition) is 1. The highest BCUT2D eigenvalue weighted by Crippen LogP contribution is 2.10. The molecule has 1 aromatic carbocycles. The summed E-state index contributed by atoms with van der Waals surface area (Å²) in [7, 11) is 2.90. The maximum Gasteiger partial charge on any atom is 0.332 e. The number of rotatable bonds is 3. The summed E-state index contributed by atoms with van der Waals surface area (Å²) < 4.78 is 2.21. The average molecular weight is 261 g/mol. The SMILES string of the molecule is Cn1c(N(O)Cc2ccccc2)cc(=O)n(C)c1=O. The largest absolute Gasteiger partial charge is 0.332 e. The van der Waals surface area contributed by atoms with E-state index in [2.05, 4.69) is 0 Å². The number of aromatic nitrogens is 2. The fourth-order valence-electron chi connectivity index (χ4n) is 1.81. The fraction of sp³-hybridized carbons (Fsp3) is 0.231. The Morgan fingerprint density at radius 3 is 2.37 bits per heavy atom. The van der Waals surface area contributed by atoms with E-state index < -0.39 is 11.2 Å². The van der Waals surface area contributed by atoms with Crippen molar-refractivity contribution in [2.75, 3.05) is 5.06 Å². The lowest BCUT2D eigenvalue weighted by atomic mass is 10.2. The molecule has 6 nitrogen and oxygen atoms in total. The molecule has 0 fully saturated rings. The molecule has 0 aliphatic carbocycles. The smallest absolute Gasteiger partial charge is 0.287 e. The van der Waals surface area contributed by atoms with Crippen molar-refractivity contribution in [1.82, 2.24) is 9.13 Å². The second kappa shape index (κ2) is 5.11. The molecule has 0 atom stereocenters. The molecule has 0 aliphatic rings. The third-order valence-electron chi connectivity index (χ3n) is 2.94. The Balaban J connectivity index is 2.38. The number of hydrogen-bond acceptors (Lipinski definition) is 4. The summed E-state index contributed by atoms with van der Waals surface area (Å²) in [5, 5.41) is 10.9. The zero-order valence-corrected chi connectivity index (χ0v) is 10.8. The third kappa shape index (κ3) is 2.58. The van der Waals surface area contributed by atoms with Gasteiger partial charge in [0.15, 0.2) is 0 Å². The molecule has 19 heavy (non-hydrogen) atoms. The van der Waals surface area contributed by atoms with Crippen molar-refractivity contribution >= 4 is 5.82 Å². The second-order valence-corrected chi connectivity index (χ2v) is 4.28. The minimum absolute atomic E-state index is 0.164. The zero-order valence-electron chi connectivity index (χ0n) is 10.8. The predicted octanol–water partition coefficient (Wildman–Crippen LogP) is 0.480. The normalized spacial score (nSPS) is 10.5. The Bertz CT molecular complexity index is 689. The van der Waals surface area contributed by atoms with Crippen molar-refractivity contribution in [2.24, 2.45) is 14.1 Å². The van der Waals surface area contributed by atoms with Crippen molar-refractivity contribution in [3.63, 3.8) is 0 Å². The number of hydroxylamine groups is 1. The minimum atomic E-state index is -0.477. The summed E-state index contributed by atoms with van der Waals surface area (Å²) in [5.74, 6) is 0.164. The van der Waals surface area contributed by atoms with E-state index in [0.29, 0.717) is 0 Å². The van der Waals surface area contributed by atoms with E-state index in [9.17, 15) is 14.8 Å². The van der Waals surface area contributed by atoms with Crippen molar-refractivity contribution in [2.45, 2.75) is 6.54 Å². The van der Waals surface area contributed by atoms with E-state index in [1.54, 1.807) is 0 Å². The molecule has 0 bridgehead atoms. The molecule has 2 aromatic rings. The molecule has 1 heterocycles. The Morgan fingerprint density at radius 2 is 1.74 bits per heavy atom. The molecule has 0 saturated carbocycles. The molecule has 0 unspecified atom stereocenters. The molecule has 0 amide bonds. The van der Waals surface area contributed by atoms with Gasteiger partial charge in [-0.05, 0) is 5.56 Å². The topological polar surface area (TPSA) is 67.5 Å². The lowest BCUT2D eigenvalue weighted by Gasteiger charge is -2.19. The van der Waals surface area contributed by atoms with Gasteiger partial charge in [0.25, 0.3) is 5.56 Å². The first kappa shape index (κ1) is 13.1. The third-order valence-corrected chi connectivity index (χ3v) is 2.94. The molecule has 1 N–H and O–H groups in total. The van der Waals surface area contributed by atoms with Crippen LogP contribution in [0.1, 0.15) is 5.56 Å². The number of nitrogens with zero attached hydrogens (tertiary/aromatic N) is 3. The highest BCUT2D eigenvalue weighted by Gasteiger charge is 2.11. The van der Waals surface area contributed by atoms with Crippen LogP contribution in [0.4, 0.5) is 5.82 Å². The zero-order chi connectivity index (χ0) is 14.0. The van der Waals surface area contributed by atoms with Crippen LogP contribution in [0.3, 0.4) is 0 Å². The maximum absolute atomic E-state index is 11.8. The van der Waals surface area contributed by atoms with Gasteiger partial charge in [-0.2, -0.15) is 0 Å². The van der Waals surface area contributed by atoms with Crippen LogP contribution >= 0.6 is 0 Å². The average Bonchev–Trinajstić information content (AvgIpc) is 2.41. The molecule has 0 radical (unpaired) electrons. The van der Waals surface area contributed by atoms with Gasteiger partial charge in [0.2, 0.25) is 0 Å². The van der Waals surface area contributed by atoms with Crippen LogP contribution in [0, 0.1) is 0 Å². The first-order valence-electron chi connectivity index (χ1n) is 5.78. The Morgan fingerprint density at radius 1 is 1.11 bits per heavy atom. The standard InChI is InChI=1S/C13H15N3O3/c1-14-11(8-12(17)15(2)13(14)18)16(19)9-10-6-4-3-5-7-10/h3-8,19H,9H2,1-2H3. The molecule has 6 heteroatoms. The molecule has 100 valence electrons. The van der Waals surface area contributed by atoms with Crippen LogP contribution in [0.15, 0.2) is 46.0 Å². The second-order valence-electron chi connectivity index (χ2n) is 4.28. The highest BCUT2D eigenvalue weighted by molar-refractivity contribution is 5.35. The van der Waals surface area contributed by atoms with Gasteiger partial charge in [-0.1, -0.05) is 30.3 Å². The molecule has 2 rings (SSSR count). The van der Waals surface area contributed by atoms with Crippen LogP contribution < -0.4 is 16.3 Å². The van der Waals surface area contributed by atoms with Gasteiger partial charge in [-0.3, -0.25) is 19.1 Å². The molecule has 0 saturated heterocycles. The summed E-state index contributed by atoms with van der Waals surface area (Å²) in [6.45, 7) is 0.196. The van der Waals surface area contributed by atoms with E-state index in [-0.39, 0.29) is 12.4 Å². The Hall–Kier alpha value is -2.34. The lowest BCUT2D eigenvalue weighted by molar-refractivity contribution is 0.242. The van der Waals surface area contributed by atoms with E-state index >= 15 is 0 Å². The molecular formula is C13H15N3O3. The Labute approximate surface area is 109 Å². The predicted molar refractivity (Wildman–Crippen MR) is 71.3 cm³/mol. The van der Waals surface area contributed by atoms with Crippen LogP contribution in [0.2, 0.25) is 0 Å². The number of anilines is 1. The van der Waals surface area contributed by atoms with Crippen molar-refractivity contribution in [1.29, 1.82) is 0 Å². The van der Waals surface area contributed by atoms with Crippen molar-refractivity contribution in [3.8, 4) is 0 Å². The van der Waals surface area contributed by atoms with Crippen LogP contribution in [-0.2, 0) is 20.6 Å².